The van der Waals surface area contributed by atoms with Gasteiger partial charge in [-0.05, 0) is 44.0 Å². The largest absolute Gasteiger partial charge is 0.481 e. The van der Waals surface area contributed by atoms with Crippen molar-refractivity contribution in [2.45, 2.75) is 33.4 Å². The van der Waals surface area contributed by atoms with Gasteiger partial charge in [0, 0.05) is 6.54 Å². The third-order valence-corrected chi connectivity index (χ3v) is 3.26. The van der Waals surface area contributed by atoms with Crippen LogP contribution in [-0.4, -0.2) is 12.0 Å². The van der Waals surface area contributed by atoms with Crippen LogP contribution in [0.25, 0.3) is 0 Å². The minimum atomic E-state index is -0.516. The van der Waals surface area contributed by atoms with Crippen molar-refractivity contribution in [2.75, 3.05) is 0 Å². The Morgan fingerprint density at radius 2 is 1.81 bits per heavy atom. The number of carbonyl (C=O) groups is 1. The van der Waals surface area contributed by atoms with Gasteiger partial charge in [0.1, 0.15) is 5.75 Å². The van der Waals surface area contributed by atoms with E-state index < -0.39 is 6.10 Å². The normalized spacial score (nSPS) is 11.8. The van der Waals surface area contributed by atoms with Gasteiger partial charge in [-0.3, -0.25) is 4.79 Å². The fourth-order valence-electron chi connectivity index (χ4n) is 1.99. The number of aryl methyl sites for hydroxylation is 2. The van der Waals surface area contributed by atoms with Crippen molar-refractivity contribution in [1.82, 2.24) is 5.32 Å². The molecule has 0 unspecified atom stereocenters. The Bertz CT molecular complexity index is 605. The molecule has 0 aromatic heterocycles. The maximum Gasteiger partial charge on any atom is 0.261 e. The molecule has 1 atom stereocenters. The fraction of sp³-hybridized carbons (Fsp3) is 0.278. The summed E-state index contributed by atoms with van der Waals surface area (Å²) in [6.07, 6.45) is -0.516. The van der Waals surface area contributed by atoms with Gasteiger partial charge in [-0.1, -0.05) is 42.0 Å². The third-order valence-electron chi connectivity index (χ3n) is 3.26. The highest BCUT2D eigenvalue weighted by Gasteiger charge is 2.14. The van der Waals surface area contributed by atoms with E-state index in [1.165, 1.54) is 5.56 Å². The first-order valence-electron chi connectivity index (χ1n) is 7.11. The van der Waals surface area contributed by atoms with Crippen LogP contribution in [0.5, 0.6) is 5.75 Å². The molecule has 0 aliphatic heterocycles. The van der Waals surface area contributed by atoms with Gasteiger partial charge in [-0.15, -0.1) is 0 Å². The summed E-state index contributed by atoms with van der Waals surface area (Å²) in [6, 6.07) is 15.8. The van der Waals surface area contributed by atoms with Gasteiger partial charge < -0.3 is 10.1 Å². The van der Waals surface area contributed by atoms with E-state index in [1.807, 2.05) is 62.4 Å². The zero-order valence-electron chi connectivity index (χ0n) is 12.7. The highest BCUT2D eigenvalue weighted by molar-refractivity contribution is 5.80. The average molecular weight is 283 g/mol. The van der Waals surface area contributed by atoms with Crippen LogP contribution in [0.2, 0.25) is 0 Å². The molecule has 0 heterocycles. The third kappa shape index (κ3) is 4.63. The summed E-state index contributed by atoms with van der Waals surface area (Å²) in [5.41, 5.74) is 3.40. The second-order valence-electron chi connectivity index (χ2n) is 5.28. The maximum atomic E-state index is 12.0. The SMILES string of the molecule is Cc1ccc(CNC(=O)[C@H](C)Oc2cccc(C)c2)cc1. The molecule has 2 aromatic rings. The fourth-order valence-corrected chi connectivity index (χ4v) is 1.99. The van der Waals surface area contributed by atoms with E-state index in [4.69, 9.17) is 4.74 Å². The van der Waals surface area contributed by atoms with Crippen molar-refractivity contribution in [3.63, 3.8) is 0 Å². The summed E-state index contributed by atoms with van der Waals surface area (Å²) in [5, 5.41) is 2.89. The van der Waals surface area contributed by atoms with Gasteiger partial charge >= 0.3 is 0 Å². The second-order valence-corrected chi connectivity index (χ2v) is 5.28. The Kier molecular flexibility index (Phi) is 4.99. The Labute approximate surface area is 126 Å². The van der Waals surface area contributed by atoms with E-state index in [9.17, 15) is 4.79 Å². The minimum absolute atomic E-state index is 0.114. The van der Waals surface area contributed by atoms with Gasteiger partial charge in [-0.2, -0.15) is 0 Å². The number of carbonyl (C=O) groups excluding carboxylic acids is 1. The van der Waals surface area contributed by atoms with Crippen molar-refractivity contribution in [1.29, 1.82) is 0 Å². The molecule has 0 spiro atoms. The van der Waals surface area contributed by atoms with Gasteiger partial charge in [0.05, 0.1) is 0 Å². The highest BCUT2D eigenvalue weighted by Crippen LogP contribution is 2.14. The summed E-state index contributed by atoms with van der Waals surface area (Å²) < 4.78 is 5.65. The van der Waals surface area contributed by atoms with Crippen LogP contribution in [-0.2, 0) is 11.3 Å². The second kappa shape index (κ2) is 6.93. The number of benzene rings is 2. The van der Waals surface area contributed by atoms with Gasteiger partial charge in [0.2, 0.25) is 0 Å². The van der Waals surface area contributed by atoms with Crippen molar-refractivity contribution in [3.05, 3.63) is 65.2 Å². The van der Waals surface area contributed by atoms with Crippen LogP contribution in [0.3, 0.4) is 0 Å². The molecule has 110 valence electrons. The van der Waals surface area contributed by atoms with E-state index in [-0.39, 0.29) is 5.91 Å². The summed E-state index contributed by atoms with van der Waals surface area (Å²) in [7, 11) is 0. The number of amides is 1. The first-order chi connectivity index (χ1) is 10.0. The Morgan fingerprint density at radius 3 is 2.48 bits per heavy atom. The van der Waals surface area contributed by atoms with Gasteiger partial charge in [0.15, 0.2) is 6.10 Å². The molecule has 0 bridgehead atoms. The summed E-state index contributed by atoms with van der Waals surface area (Å²) in [6.45, 7) is 6.31. The lowest BCUT2D eigenvalue weighted by Crippen LogP contribution is -2.35. The summed E-state index contributed by atoms with van der Waals surface area (Å²) in [4.78, 5) is 12.0. The number of ether oxygens (including phenoxy) is 1. The molecule has 1 amide bonds. The van der Waals surface area contributed by atoms with Crippen molar-refractivity contribution in [3.8, 4) is 5.75 Å². The van der Waals surface area contributed by atoms with Crippen molar-refractivity contribution >= 4 is 5.91 Å². The van der Waals surface area contributed by atoms with Crippen LogP contribution in [0.4, 0.5) is 0 Å². The quantitative estimate of drug-likeness (QED) is 0.913. The van der Waals surface area contributed by atoms with Gasteiger partial charge in [0.25, 0.3) is 5.91 Å². The van der Waals surface area contributed by atoms with Crippen LogP contribution < -0.4 is 10.1 Å². The smallest absolute Gasteiger partial charge is 0.261 e. The standard InChI is InChI=1S/C18H21NO2/c1-13-7-9-16(10-8-13)12-19-18(20)15(3)21-17-6-4-5-14(2)11-17/h4-11,15H,12H2,1-3H3,(H,19,20)/t15-/m0/s1. The molecule has 3 heteroatoms. The zero-order chi connectivity index (χ0) is 15.2. The monoisotopic (exact) mass is 283 g/mol. The summed E-state index contributed by atoms with van der Waals surface area (Å²) >= 11 is 0. The van der Waals surface area contributed by atoms with Crippen LogP contribution in [0.1, 0.15) is 23.6 Å². The molecule has 2 aromatic carbocycles. The zero-order valence-corrected chi connectivity index (χ0v) is 12.7. The predicted octanol–water partition coefficient (Wildman–Crippen LogP) is 3.39. The molecule has 1 N–H and O–H groups in total. The van der Waals surface area contributed by atoms with E-state index in [0.717, 1.165) is 11.1 Å². The topological polar surface area (TPSA) is 38.3 Å². The first-order valence-corrected chi connectivity index (χ1v) is 7.11. The van der Waals surface area contributed by atoms with E-state index in [1.54, 1.807) is 6.92 Å². The Hall–Kier alpha value is -2.29. The first kappa shape index (κ1) is 15.1. The van der Waals surface area contributed by atoms with Gasteiger partial charge in [-0.25, -0.2) is 0 Å². The number of rotatable bonds is 5. The number of nitrogens with one attached hydrogen (secondary N) is 1. The number of hydrogen-bond donors (Lipinski definition) is 1. The van der Waals surface area contributed by atoms with E-state index in [0.29, 0.717) is 12.3 Å². The molecule has 0 saturated carbocycles. The molecule has 2 rings (SSSR count). The lowest BCUT2D eigenvalue weighted by molar-refractivity contribution is -0.127. The van der Waals surface area contributed by atoms with E-state index >= 15 is 0 Å². The lowest BCUT2D eigenvalue weighted by atomic mass is 10.1. The lowest BCUT2D eigenvalue weighted by Gasteiger charge is -2.15. The molecular weight excluding hydrogens is 262 g/mol. The average Bonchev–Trinajstić information content (AvgIpc) is 2.46. The molecule has 0 fully saturated rings. The van der Waals surface area contributed by atoms with Crippen LogP contribution >= 0.6 is 0 Å². The van der Waals surface area contributed by atoms with Crippen LogP contribution in [0, 0.1) is 13.8 Å². The highest BCUT2D eigenvalue weighted by atomic mass is 16.5. The Morgan fingerprint density at radius 1 is 1.10 bits per heavy atom. The molecular formula is C18H21NO2. The summed E-state index contributed by atoms with van der Waals surface area (Å²) in [5.74, 6) is 0.602. The predicted molar refractivity (Wildman–Crippen MR) is 84.3 cm³/mol. The van der Waals surface area contributed by atoms with Crippen molar-refractivity contribution in [2.24, 2.45) is 0 Å². The molecule has 3 nitrogen and oxygen atoms in total. The minimum Gasteiger partial charge on any atom is -0.481 e. The Balaban J connectivity index is 1.86. The van der Waals surface area contributed by atoms with E-state index in [2.05, 4.69) is 5.32 Å². The molecule has 21 heavy (non-hydrogen) atoms. The van der Waals surface area contributed by atoms with Crippen molar-refractivity contribution < 1.29 is 9.53 Å². The molecule has 0 aliphatic carbocycles. The number of hydrogen-bond acceptors (Lipinski definition) is 2. The maximum absolute atomic E-state index is 12.0. The van der Waals surface area contributed by atoms with Crippen LogP contribution in [0.15, 0.2) is 48.5 Å². The molecule has 0 saturated heterocycles. The molecule has 0 radical (unpaired) electrons. The molecule has 0 aliphatic rings.